The zero-order valence-electron chi connectivity index (χ0n) is 14.5. The second-order valence-corrected chi connectivity index (χ2v) is 7.12. The lowest BCUT2D eigenvalue weighted by atomic mass is 10.0. The van der Waals surface area contributed by atoms with Crippen molar-refractivity contribution in [2.24, 2.45) is 5.92 Å². The number of hydrogen-bond donors (Lipinski definition) is 0. The third kappa shape index (κ3) is 5.76. The van der Waals surface area contributed by atoms with Gasteiger partial charge in [0.1, 0.15) is 5.75 Å². The van der Waals surface area contributed by atoms with Gasteiger partial charge in [0.25, 0.3) is 0 Å². The number of hydrogen-bond acceptors (Lipinski definition) is 2. The van der Waals surface area contributed by atoms with Crippen molar-refractivity contribution in [2.45, 2.75) is 41.0 Å². The Morgan fingerprint density at radius 3 is 2.41 bits per heavy atom. The van der Waals surface area contributed by atoms with Crippen LogP contribution < -0.4 is 4.74 Å². The maximum absolute atomic E-state index is 5.97. The lowest BCUT2D eigenvalue weighted by Gasteiger charge is -2.15. The molecule has 0 aliphatic carbocycles. The van der Waals surface area contributed by atoms with E-state index >= 15 is 0 Å². The number of thioether (sulfide) groups is 1. The van der Waals surface area contributed by atoms with E-state index in [1.54, 1.807) is 11.8 Å². The number of rotatable bonds is 8. The third-order valence-corrected chi connectivity index (χ3v) is 4.68. The van der Waals surface area contributed by atoms with E-state index in [2.05, 4.69) is 58.2 Å². The van der Waals surface area contributed by atoms with Gasteiger partial charge in [0, 0.05) is 4.91 Å². The van der Waals surface area contributed by atoms with Crippen molar-refractivity contribution in [3.63, 3.8) is 0 Å². The predicted octanol–water partition coefficient (Wildman–Crippen LogP) is 6.77. The van der Waals surface area contributed by atoms with E-state index in [4.69, 9.17) is 4.74 Å². The molecule has 120 valence electrons. The molecule has 2 heteroatoms. The van der Waals surface area contributed by atoms with E-state index in [1.807, 2.05) is 13.8 Å². The van der Waals surface area contributed by atoms with Crippen molar-refractivity contribution < 1.29 is 4.74 Å². The molecule has 1 nitrogen and oxygen atoms in total. The van der Waals surface area contributed by atoms with Gasteiger partial charge in [0.2, 0.25) is 0 Å². The number of benzene rings is 1. The van der Waals surface area contributed by atoms with E-state index in [0.29, 0.717) is 5.92 Å². The minimum atomic E-state index is 0.555. The second-order valence-electron chi connectivity index (χ2n) is 5.78. The Morgan fingerprint density at radius 2 is 1.86 bits per heavy atom. The summed E-state index contributed by atoms with van der Waals surface area (Å²) in [5.41, 5.74) is 3.25. The largest absolute Gasteiger partial charge is 0.493 e. The fourth-order valence-corrected chi connectivity index (χ4v) is 2.50. The molecule has 0 bridgehead atoms. The van der Waals surface area contributed by atoms with Crippen LogP contribution in [0.1, 0.15) is 52.2 Å². The monoisotopic (exact) mass is 316 g/mol. The average Bonchev–Trinajstić information content (AvgIpc) is 2.51. The van der Waals surface area contributed by atoms with E-state index in [-0.39, 0.29) is 0 Å². The van der Waals surface area contributed by atoms with Crippen molar-refractivity contribution in [1.29, 1.82) is 0 Å². The molecule has 0 unspecified atom stereocenters. The molecule has 22 heavy (non-hydrogen) atoms. The average molecular weight is 317 g/mol. The highest BCUT2D eigenvalue weighted by Gasteiger charge is 2.08. The number of allylic oxidation sites excluding steroid dienone is 3. The first kappa shape index (κ1) is 18.6. The van der Waals surface area contributed by atoms with E-state index in [9.17, 15) is 0 Å². The maximum Gasteiger partial charge on any atom is 0.120 e. The van der Waals surface area contributed by atoms with Crippen molar-refractivity contribution in [1.82, 2.24) is 0 Å². The van der Waals surface area contributed by atoms with Gasteiger partial charge in [0.05, 0.1) is 6.61 Å². The van der Waals surface area contributed by atoms with Gasteiger partial charge in [-0.25, -0.2) is 0 Å². The summed E-state index contributed by atoms with van der Waals surface area (Å²) in [4.78, 5) is 2.28. The Bertz CT molecular complexity index is 569. The molecule has 0 aliphatic heterocycles. The van der Waals surface area contributed by atoms with Gasteiger partial charge in [-0.3, -0.25) is 0 Å². The smallest absolute Gasteiger partial charge is 0.120 e. The third-order valence-electron chi connectivity index (χ3n) is 3.64. The highest BCUT2D eigenvalue weighted by Crippen LogP contribution is 2.35. The quantitative estimate of drug-likeness (QED) is 0.523. The Kier molecular flexibility index (Phi) is 7.53. The minimum absolute atomic E-state index is 0.555. The molecule has 1 rings (SSSR count). The van der Waals surface area contributed by atoms with Crippen LogP contribution in [0.4, 0.5) is 0 Å². The fraction of sp³-hybridized carbons (Fsp3) is 0.400. The molecule has 0 saturated heterocycles. The van der Waals surface area contributed by atoms with Gasteiger partial charge in [-0.1, -0.05) is 56.8 Å². The van der Waals surface area contributed by atoms with Crippen LogP contribution in [0.25, 0.3) is 10.5 Å². The van der Waals surface area contributed by atoms with Crippen molar-refractivity contribution in [2.75, 3.05) is 6.61 Å². The summed E-state index contributed by atoms with van der Waals surface area (Å²) in [6.07, 6.45) is 3.22. The second kappa shape index (κ2) is 8.89. The molecule has 0 heterocycles. The van der Waals surface area contributed by atoms with Crippen molar-refractivity contribution >= 4 is 22.2 Å². The molecule has 0 saturated carbocycles. The highest BCUT2D eigenvalue weighted by molar-refractivity contribution is 8.11. The first-order valence-corrected chi connectivity index (χ1v) is 8.62. The summed E-state index contributed by atoms with van der Waals surface area (Å²) < 4.78 is 5.97. The fourth-order valence-electron chi connectivity index (χ4n) is 1.76. The van der Waals surface area contributed by atoms with Crippen molar-refractivity contribution in [3.05, 3.63) is 53.5 Å². The predicted molar refractivity (Wildman–Crippen MR) is 102 cm³/mol. The molecular formula is C20H28OS. The van der Waals surface area contributed by atoms with Gasteiger partial charge < -0.3 is 4.74 Å². The van der Waals surface area contributed by atoms with Crippen LogP contribution in [-0.4, -0.2) is 6.61 Å². The van der Waals surface area contributed by atoms with E-state index < -0.39 is 0 Å². The Balaban J connectivity index is 3.03. The molecule has 0 amide bonds. The Morgan fingerprint density at radius 1 is 1.23 bits per heavy atom. The Labute approximate surface area is 140 Å². The normalized spacial score (nSPS) is 12.9. The molecule has 1 aromatic rings. The first-order chi connectivity index (χ1) is 10.4. The van der Waals surface area contributed by atoms with E-state index in [1.165, 1.54) is 4.91 Å². The zero-order chi connectivity index (χ0) is 16.7. The lowest BCUT2D eigenvalue weighted by molar-refractivity contribution is 0.256. The summed E-state index contributed by atoms with van der Waals surface area (Å²) in [6, 6.07) is 6.28. The van der Waals surface area contributed by atoms with Gasteiger partial charge in [-0.15, -0.1) is 0 Å². The maximum atomic E-state index is 5.97. The standard InChI is InChI=1S/C20H28OS/c1-8-15(5)13-21-20-11-18(14(3)4)10-19(12-20)17(7)22-16(6)9-2/h9-12,15H,3,7-8,13H2,1-2,4-6H3/b16-9-/t15-/m1/s1. The Hall–Kier alpha value is -1.41. The van der Waals surface area contributed by atoms with Gasteiger partial charge >= 0.3 is 0 Å². The SMILES string of the molecule is C=C(C)c1cc(OC[C@H](C)CC)cc(C(=C)S/C(C)=C\C)c1. The molecule has 0 spiro atoms. The van der Waals surface area contributed by atoms with Gasteiger partial charge in [0.15, 0.2) is 0 Å². The summed E-state index contributed by atoms with van der Waals surface area (Å²) in [6.45, 7) is 19.5. The lowest BCUT2D eigenvalue weighted by Crippen LogP contribution is -2.07. The van der Waals surface area contributed by atoms with Gasteiger partial charge in [-0.2, -0.15) is 0 Å². The minimum Gasteiger partial charge on any atom is -0.493 e. The summed E-state index contributed by atoms with van der Waals surface area (Å²) in [5.74, 6) is 1.45. The molecule has 0 N–H and O–H groups in total. The van der Waals surface area contributed by atoms with Crippen LogP contribution in [0.3, 0.4) is 0 Å². The molecular weight excluding hydrogens is 288 g/mol. The summed E-state index contributed by atoms with van der Waals surface area (Å²) in [5, 5.41) is 0. The molecule has 0 aromatic heterocycles. The molecule has 0 aliphatic rings. The first-order valence-electron chi connectivity index (χ1n) is 7.81. The molecule has 1 atom stereocenters. The van der Waals surface area contributed by atoms with Crippen LogP contribution >= 0.6 is 11.8 Å². The molecule has 0 fully saturated rings. The van der Waals surface area contributed by atoms with Crippen molar-refractivity contribution in [3.8, 4) is 5.75 Å². The molecule has 1 aromatic carbocycles. The zero-order valence-corrected chi connectivity index (χ0v) is 15.3. The van der Waals surface area contributed by atoms with Crippen LogP contribution in [-0.2, 0) is 0 Å². The topological polar surface area (TPSA) is 9.23 Å². The van der Waals surface area contributed by atoms with E-state index in [0.717, 1.165) is 40.4 Å². The van der Waals surface area contributed by atoms with Crippen LogP contribution in [0.5, 0.6) is 5.75 Å². The molecule has 0 radical (unpaired) electrons. The van der Waals surface area contributed by atoms with Crippen LogP contribution in [0.2, 0.25) is 0 Å². The van der Waals surface area contributed by atoms with Crippen LogP contribution in [0.15, 0.2) is 42.3 Å². The van der Waals surface area contributed by atoms with Crippen LogP contribution in [0, 0.1) is 5.92 Å². The summed E-state index contributed by atoms with van der Waals surface area (Å²) >= 11 is 1.69. The van der Waals surface area contributed by atoms with Gasteiger partial charge in [-0.05, 0) is 60.9 Å². The highest BCUT2D eigenvalue weighted by atomic mass is 32.2. The summed E-state index contributed by atoms with van der Waals surface area (Å²) in [7, 11) is 0. The number of ether oxygens (including phenoxy) is 1.